The van der Waals surface area contributed by atoms with Crippen molar-refractivity contribution in [3.63, 3.8) is 0 Å². The van der Waals surface area contributed by atoms with Crippen LogP contribution in [0.5, 0.6) is 0 Å². The lowest BCUT2D eigenvalue weighted by Crippen LogP contribution is -2.42. The third kappa shape index (κ3) is 6.07. The van der Waals surface area contributed by atoms with Crippen LogP contribution >= 0.6 is 0 Å². The molecule has 5 heteroatoms. The SMILES string of the molecule is C=COCCOCC(O)CN1CCOCC1. The van der Waals surface area contributed by atoms with Crippen molar-refractivity contribution in [2.75, 3.05) is 52.7 Å². The number of aliphatic hydroxyl groups is 1. The van der Waals surface area contributed by atoms with Crippen molar-refractivity contribution in [1.29, 1.82) is 0 Å². The van der Waals surface area contributed by atoms with Crippen molar-refractivity contribution in [2.24, 2.45) is 0 Å². The fraction of sp³-hybridized carbons (Fsp3) is 0.818. The number of hydrogen-bond acceptors (Lipinski definition) is 5. The van der Waals surface area contributed by atoms with Gasteiger partial charge in [-0.05, 0) is 0 Å². The number of hydrogen-bond donors (Lipinski definition) is 1. The summed E-state index contributed by atoms with van der Waals surface area (Å²) in [6.45, 7) is 8.65. The van der Waals surface area contributed by atoms with Crippen LogP contribution in [0.15, 0.2) is 12.8 Å². The van der Waals surface area contributed by atoms with E-state index >= 15 is 0 Å². The molecule has 0 aromatic rings. The molecule has 0 bridgehead atoms. The van der Waals surface area contributed by atoms with Crippen molar-refractivity contribution < 1.29 is 19.3 Å². The Morgan fingerprint density at radius 1 is 1.38 bits per heavy atom. The Bertz CT molecular complexity index is 183. The Morgan fingerprint density at radius 2 is 2.12 bits per heavy atom. The van der Waals surface area contributed by atoms with Crippen LogP contribution < -0.4 is 0 Å². The van der Waals surface area contributed by atoms with Gasteiger partial charge in [-0.1, -0.05) is 6.58 Å². The zero-order chi connectivity index (χ0) is 11.6. The van der Waals surface area contributed by atoms with E-state index in [-0.39, 0.29) is 0 Å². The molecule has 0 aromatic carbocycles. The molecule has 1 aliphatic heterocycles. The summed E-state index contributed by atoms with van der Waals surface area (Å²) in [5.74, 6) is 0. The number of β-amino-alcohol motifs (C(OH)–C–C–N with tert-alkyl or cyclic N) is 1. The highest BCUT2D eigenvalue weighted by Crippen LogP contribution is 1.99. The third-order valence-electron chi connectivity index (χ3n) is 2.35. The highest BCUT2D eigenvalue weighted by molar-refractivity contribution is 4.66. The molecule has 1 unspecified atom stereocenters. The van der Waals surface area contributed by atoms with Crippen LogP contribution in [-0.2, 0) is 14.2 Å². The zero-order valence-corrected chi connectivity index (χ0v) is 9.64. The molecule has 0 saturated carbocycles. The van der Waals surface area contributed by atoms with E-state index in [9.17, 15) is 5.11 Å². The van der Waals surface area contributed by atoms with Gasteiger partial charge in [-0.15, -0.1) is 0 Å². The number of rotatable bonds is 8. The summed E-state index contributed by atoms with van der Waals surface area (Å²) in [7, 11) is 0. The van der Waals surface area contributed by atoms with Crippen molar-refractivity contribution in [3.05, 3.63) is 12.8 Å². The van der Waals surface area contributed by atoms with Gasteiger partial charge in [0, 0.05) is 19.6 Å². The predicted octanol–water partition coefficient (Wildman–Crippen LogP) is -0.144. The Kier molecular flexibility index (Phi) is 7.16. The molecule has 94 valence electrons. The summed E-state index contributed by atoms with van der Waals surface area (Å²) in [5, 5.41) is 9.69. The summed E-state index contributed by atoms with van der Waals surface area (Å²) in [6, 6.07) is 0. The molecule has 0 aromatic heterocycles. The van der Waals surface area contributed by atoms with E-state index in [2.05, 4.69) is 11.5 Å². The average molecular weight is 231 g/mol. The molecule has 0 amide bonds. The minimum Gasteiger partial charge on any atom is -0.499 e. The molecule has 1 heterocycles. The maximum absolute atomic E-state index is 9.69. The first-order chi connectivity index (χ1) is 7.83. The van der Waals surface area contributed by atoms with Crippen LogP contribution in [0.1, 0.15) is 0 Å². The molecule has 16 heavy (non-hydrogen) atoms. The van der Waals surface area contributed by atoms with Crippen LogP contribution in [0, 0.1) is 0 Å². The molecule has 0 aliphatic carbocycles. The van der Waals surface area contributed by atoms with Crippen LogP contribution in [0.25, 0.3) is 0 Å². The lowest BCUT2D eigenvalue weighted by Gasteiger charge is -2.28. The lowest BCUT2D eigenvalue weighted by atomic mass is 10.3. The van der Waals surface area contributed by atoms with Crippen LogP contribution in [0.3, 0.4) is 0 Å². The van der Waals surface area contributed by atoms with Gasteiger partial charge in [0.05, 0.1) is 38.8 Å². The highest BCUT2D eigenvalue weighted by Gasteiger charge is 2.14. The molecule has 0 spiro atoms. The molecule has 1 N–H and O–H groups in total. The predicted molar refractivity (Wildman–Crippen MR) is 60.2 cm³/mol. The van der Waals surface area contributed by atoms with Gasteiger partial charge < -0.3 is 19.3 Å². The lowest BCUT2D eigenvalue weighted by molar-refractivity contribution is -0.0198. The van der Waals surface area contributed by atoms with E-state index in [1.807, 2.05) is 0 Å². The molecule has 5 nitrogen and oxygen atoms in total. The first kappa shape index (κ1) is 13.4. The van der Waals surface area contributed by atoms with E-state index in [1.54, 1.807) is 0 Å². The van der Waals surface area contributed by atoms with Crippen LogP contribution in [-0.4, -0.2) is 68.8 Å². The van der Waals surface area contributed by atoms with Gasteiger partial charge in [0.1, 0.15) is 6.61 Å². The second-order valence-electron chi connectivity index (χ2n) is 3.68. The Hall–Kier alpha value is -0.620. The van der Waals surface area contributed by atoms with Crippen molar-refractivity contribution >= 4 is 0 Å². The monoisotopic (exact) mass is 231 g/mol. The largest absolute Gasteiger partial charge is 0.499 e. The molecular weight excluding hydrogens is 210 g/mol. The maximum atomic E-state index is 9.69. The van der Waals surface area contributed by atoms with Gasteiger partial charge in [-0.3, -0.25) is 4.90 Å². The standard InChI is InChI=1S/C11H21NO4/c1-2-14-7-8-16-10-11(13)9-12-3-5-15-6-4-12/h2,11,13H,1,3-10H2. The molecule has 1 saturated heterocycles. The van der Waals surface area contributed by atoms with E-state index in [4.69, 9.17) is 14.2 Å². The molecule has 1 fully saturated rings. The normalized spacial score (nSPS) is 19.3. The van der Waals surface area contributed by atoms with Crippen molar-refractivity contribution in [2.45, 2.75) is 6.10 Å². The summed E-state index contributed by atoms with van der Waals surface area (Å²) in [5.41, 5.74) is 0. The quantitative estimate of drug-likeness (QED) is 0.465. The van der Waals surface area contributed by atoms with Crippen molar-refractivity contribution in [1.82, 2.24) is 4.90 Å². The first-order valence-corrected chi connectivity index (χ1v) is 5.61. The smallest absolute Gasteiger partial charge is 0.111 e. The maximum Gasteiger partial charge on any atom is 0.111 e. The summed E-state index contributed by atoms with van der Waals surface area (Å²) in [6.07, 6.45) is 0.940. The van der Waals surface area contributed by atoms with Crippen LogP contribution in [0.2, 0.25) is 0 Å². The second-order valence-corrected chi connectivity index (χ2v) is 3.68. The fourth-order valence-electron chi connectivity index (χ4n) is 1.54. The number of ether oxygens (including phenoxy) is 3. The third-order valence-corrected chi connectivity index (χ3v) is 2.35. The Balaban J connectivity index is 1.96. The van der Waals surface area contributed by atoms with Gasteiger partial charge in [0.2, 0.25) is 0 Å². The number of nitrogens with zero attached hydrogens (tertiary/aromatic N) is 1. The van der Waals surface area contributed by atoms with Gasteiger partial charge in [0.25, 0.3) is 0 Å². The Morgan fingerprint density at radius 3 is 2.81 bits per heavy atom. The van der Waals surface area contributed by atoms with Gasteiger partial charge in [0.15, 0.2) is 0 Å². The van der Waals surface area contributed by atoms with E-state index < -0.39 is 6.10 Å². The van der Waals surface area contributed by atoms with E-state index in [0.29, 0.717) is 26.4 Å². The minimum atomic E-state index is -0.443. The summed E-state index contributed by atoms with van der Waals surface area (Å²) >= 11 is 0. The van der Waals surface area contributed by atoms with Gasteiger partial charge in [-0.25, -0.2) is 0 Å². The van der Waals surface area contributed by atoms with Crippen LogP contribution in [0.4, 0.5) is 0 Å². The van der Waals surface area contributed by atoms with E-state index in [0.717, 1.165) is 26.3 Å². The number of aliphatic hydroxyl groups excluding tert-OH is 1. The van der Waals surface area contributed by atoms with Gasteiger partial charge >= 0.3 is 0 Å². The molecule has 1 aliphatic rings. The zero-order valence-electron chi connectivity index (χ0n) is 9.64. The fourth-order valence-corrected chi connectivity index (χ4v) is 1.54. The minimum absolute atomic E-state index is 0.345. The first-order valence-electron chi connectivity index (χ1n) is 5.61. The second kappa shape index (κ2) is 8.52. The van der Waals surface area contributed by atoms with E-state index in [1.165, 1.54) is 6.26 Å². The number of morpholine rings is 1. The summed E-state index contributed by atoms with van der Waals surface area (Å²) < 4.78 is 15.4. The van der Waals surface area contributed by atoms with Crippen molar-refractivity contribution in [3.8, 4) is 0 Å². The molecule has 1 rings (SSSR count). The Labute approximate surface area is 96.6 Å². The molecule has 1 atom stereocenters. The molecule has 0 radical (unpaired) electrons. The average Bonchev–Trinajstić information content (AvgIpc) is 2.30. The van der Waals surface area contributed by atoms with Gasteiger partial charge in [-0.2, -0.15) is 0 Å². The topological polar surface area (TPSA) is 51.2 Å². The highest BCUT2D eigenvalue weighted by atomic mass is 16.5. The summed E-state index contributed by atoms with van der Waals surface area (Å²) in [4.78, 5) is 2.18. The molecular formula is C11H21NO4.